The van der Waals surface area contributed by atoms with Crippen LogP contribution in [-0.2, 0) is 18.8 Å². The van der Waals surface area contributed by atoms with Gasteiger partial charge in [-0.3, -0.25) is 0 Å². The molecular weight excluding hydrogens is 308 g/mol. The molecule has 9 heteroatoms. The second kappa shape index (κ2) is 6.37. The normalized spacial score (nSPS) is 11.1. The van der Waals surface area contributed by atoms with Gasteiger partial charge in [0.05, 0.1) is 17.9 Å². The highest BCUT2D eigenvalue weighted by Crippen LogP contribution is 2.24. The molecule has 0 atom stereocenters. The molecule has 0 radical (unpaired) electrons. The van der Waals surface area contributed by atoms with E-state index in [9.17, 15) is 0 Å². The molecule has 3 aromatic heterocycles. The number of hydrogen-bond donors (Lipinski definition) is 1. The van der Waals surface area contributed by atoms with Crippen LogP contribution >= 0.6 is 23.1 Å². The maximum atomic E-state index is 5.63. The highest BCUT2D eigenvalue weighted by molar-refractivity contribution is 7.98. The summed E-state index contributed by atoms with van der Waals surface area (Å²) in [6, 6.07) is 1.95. The van der Waals surface area contributed by atoms with Crippen LogP contribution in [0.25, 0.3) is 11.5 Å². The van der Waals surface area contributed by atoms with E-state index in [2.05, 4.69) is 20.3 Å². The zero-order chi connectivity index (χ0) is 14.7. The van der Waals surface area contributed by atoms with E-state index in [0.717, 1.165) is 23.1 Å². The van der Waals surface area contributed by atoms with Crippen LogP contribution in [0, 0.1) is 0 Å². The number of rotatable bonds is 6. The molecule has 0 fully saturated rings. The molecule has 0 bridgehead atoms. The predicted octanol–water partition coefficient (Wildman–Crippen LogP) is 2.16. The van der Waals surface area contributed by atoms with Crippen molar-refractivity contribution in [2.45, 2.75) is 30.9 Å². The van der Waals surface area contributed by atoms with Crippen molar-refractivity contribution in [3.05, 3.63) is 28.5 Å². The van der Waals surface area contributed by atoms with Crippen molar-refractivity contribution in [2.24, 2.45) is 5.73 Å². The Kier molecular flexibility index (Phi) is 4.32. The largest absolute Gasteiger partial charge is 0.334 e. The summed E-state index contributed by atoms with van der Waals surface area (Å²) in [6.45, 7) is 3.20. The van der Waals surface area contributed by atoms with Crippen molar-refractivity contribution >= 4 is 23.1 Å². The van der Waals surface area contributed by atoms with E-state index in [-0.39, 0.29) is 0 Å². The molecule has 21 heavy (non-hydrogen) atoms. The number of nitrogens with two attached hydrogens (primary N) is 1. The average Bonchev–Trinajstić information content (AvgIpc) is 3.23. The zero-order valence-corrected chi connectivity index (χ0v) is 13.0. The van der Waals surface area contributed by atoms with Gasteiger partial charge < -0.3 is 14.8 Å². The van der Waals surface area contributed by atoms with Crippen LogP contribution in [-0.4, -0.2) is 24.9 Å². The molecule has 0 amide bonds. The molecule has 2 N–H and O–H groups in total. The summed E-state index contributed by atoms with van der Waals surface area (Å²) >= 11 is 3.12. The lowest BCUT2D eigenvalue weighted by molar-refractivity contribution is 0.425. The highest BCUT2D eigenvalue weighted by atomic mass is 32.2. The smallest absolute Gasteiger partial charge is 0.258 e. The fourth-order valence-electron chi connectivity index (χ4n) is 1.84. The van der Waals surface area contributed by atoms with E-state index >= 15 is 0 Å². The predicted molar refractivity (Wildman–Crippen MR) is 80.8 cm³/mol. The van der Waals surface area contributed by atoms with E-state index in [0.29, 0.717) is 24.0 Å². The topological polar surface area (TPSA) is 95.7 Å². The second-order valence-corrected chi connectivity index (χ2v) is 5.89. The van der Waals surface area contributed by atoms with Crippen LogP contribution in [0.3, 0.4) is 0 Å². The molecule has 7 nitrogen and oxygen atoms in total. The second-order valence-electron chi connectivity index (χ2n) is 4.16. The first-order chi connectivity index (χ1) is 10.3. The summed E-state index contributed by atoms with van der Waals surface area (Å²) in [6.07, 6.45) is 0. The summed E-state index contributed by atoms with van der Waals surface area (Å²) < 4.78 is 7.24. The van der Waals surface area contributed by atoms with Crippen molar-refractivity contribution in [3.8, 4) is 11.5 Å². The lowest BCUT2D eigenvalue weighted by atomic mass is 10.3. The number of nitrogens with zero attached hydrogens (tertiary/aromatic N) is 5. The molecule has 0 saturated carbocycles. The molecule has 0 saturated heterocycles. The molecule has 0 aromatic carbocycles. The van der Waals surface area contributed by atoms with Crippen molar-refractivity contribution in [1.29, 1.82) is 0 Å². The van der Waals surface area contributed by atoms with Gasteiger partial charge >= 0.3 is 0 Å². The maximum absolute atomic E-state index is 5.63. The van der Waals surface area contributed by atoms with Gasteiger partial charge in [-0.1, -0.05) is 16.9 Å². The van der Waals surface area contributed by atoms with Crippen LogP contribution in [0.2, 0.25) is 0 Å². The van der Waals surface area contributed by atoms with Crippen LogP contribution in [0.15, 0.2) is 26.5 Å². The Morgan fingerprint density at radius 1 is 1.43 bits per heavy atom. The monoisotopic (exact) mass is 322 g/mol. The summed E-state index contributed by atoms with van der Waals surface area (Å²) in [5.74, 6) is 2.55. The number of aromatic nitrogens is 5. The van der Waals surface area contributed by atoms with Gasteiger partial charge in [-0.2, -0.15) is 16.3 Å². The Morgan fingerprint density at radius 2 is 2.33 bits per heavy atom. The first-order valence-electron chi connectivity index (χ1n) is 6.42. The standard InChI is InChI=1S/C12H14N6OS2/c1-2-18-10(5-13)15-16-12(18)21-7-9-14-11(19-17-9)8-3-4-20-6-8/h3-4,6H,2,5,7,13H2,1H3. The third kappa shape index (κ3) is 2.99. The molecule has 3 heterocycles. The van der Waals surface area contributed by atoms with E-state index < -0.39 is 0 Å². The van der Waals surface area contributed by atoms with Gasteiger partial charge in [0, 0.05) is 11.9 Å². The minimum Gasteiger partial charge on any atom is -0.334 e. The number of thiophene rings is 1. The van der Waals surface area contributed by atoms with Crippen LogP contribution < -0.4 is 5.73 Å². The van der Waals surface area contributed by atoms with Crippen molar-refractivity contribution in [3.63, 3.8) is 0 Å². The van der Waals surface area contributed by atoms with Gasteiger partial charge in [0.2, 0.25) is 0 Å². The minimum atomic E-state index is 0.381. The Morgan fingerprint density at radius 3 is 3.05 bits per heavy atom. The molecule has 0 unspecified atom stereocenters. The van der Waals surface area contributed by atoms with Crippen molar-refractivity contribution in [1.82, 2.24) is 24.9 Å². The molecule has 0 aliphatic carbocycles. The quantitative estimate of drug-likeness (QED) is 0.695. The third-order valence-electron chi connectivity index (χ3n) is 2.86. The van der Waals surface area contributed by atoms with Crippen LogP contribution in [0.5, 0.6) is 0 Å². The molecule has 0 spiro atoms. The Hall–Kier alpha value is -1.71. The van der Waals surface area contributed by atoms with E-state index in [1.807, 2.05) is 28.3 Å². The van der Waals surface area contributed by atoms with E-state index in [1.54, 1.807) is 11.3 Å². The fourth-order valence-corrected chi connectivity index (χ4v) is 3.33. The minimum absolute atomic E-state index is 0.381. The number of thioether (sulfide) groups is 1. The highest BCUT2D eigenvalue weighted by Gasteiger charge is 2.13. The first-order valence-corrected chi connectivity index (χ1v) is 8.34. The zero-order valence-electron chi connectivity index (χ0n) is 11.4. The summed E-state index contributed by atoms with van der Waals surface area (Å²) in [5, 5.41) is 17.0. The lowest BCUT2D eigenvalue weighted by Gasteiger charge is -2.04. The molecule has 110 valence electrons. The number of hydrogen-bond acceptors (Lipinski definition) is 8. The molecule has 3 aromatic rings. The summed E-state index contributed by atoms with van der Waals surface area (Å²) in [4.78, 5) is 4.38. The first kappa shape index (κ1) is 14.2. The average molecular weight is 322 g/mol. The molecule has 3 rings (SSSR count). The van der Waals surface area contributed by atoms with Gasteiger partial charge in [0.25, 0.3) is 5.89 Å². The SMILES string of the molecule is CCn1c(CN)nnc1SCc1noc(-c2ccsc2)n1. The van der Waals surface area contributed by atoms with Crippen LogP contribution in [0.4, 0.5) is 0 Å². The lowest BCUT2D eigenvalue weighted by Crippen LogP contribution is -2.08. The molecule has 0 aliphatic heterocycles. The van der Waals surface area contributed by atoms with Gasteiger partial charge in [-0.25, -0.2) is 0 Å². The summed E-state index contributed by atoms with van der Waals surface area (Å²) in [7, 11) is 0. The molecule has 0 aliphatic rings. The van der Waals surface area contributed by atoms with Crippen molar-refractivity contribution in [2.75, 3.05) is 0 Å². The van der Waals surface area contributed by atoms with Gasteiger partial charge in [0.15, 0.2) is 11.0 Å². The van der Waals surface area contributed by atoms with Gasteiger partial charge in [-0.15, -0.1) is 10.2 Å². The Bertz CT molecular complexity index is 705. The third-order valence-corrected chi connectivity index (χ3v) is 4.50. The van der Waals surface area contributed by atoms with Crippen molar-refractivity contribution < 1.29 is 4.52 Å². The van der Waals surface area contributed by atoms with E-state index in [1.165, 1.54) is 11.8 Å². The van der Waals surface area contributed by atoms with E-state index in [4.69, 9.17) is 10.3 Å². The summed E-state index contributed by atoms with van der Waals surface area (Å²) in [5.41, 5.74) is 6.58. The van der Waals surface area contributed by atoms with Crippen LogP contribution in [0.1, 0.15) is 18.6 Å². The van der Waals surface area contributed by atoms with Gasteiger partial charge in [0.1, 0.15) is 5.82 Å². The molecular formula is C12H14N6OS2. The Balaban J connectivity index is 1.69. The maximum Gasteiger partial charge on any atom is 0.258 e. The van der Waals surface area contributed by atoms with Gasteiger partial charge in [-0.05, 0) is 18.4 Å². The fraction of sp³-hybridized carbons (Fsp3) is 0.333. The Labute approximate surface area is 129 Å².